The summed E-state index contributed by atoms with van der Waals surface area (Å²) >= 11 is 1.89. The maximum Gasteiger partial charge on any atom is 0.0540 e. The van der Waals surface area contributed by atoms with Crippen molar-refractivity contribution < 1.29 is 0 Å². The summed E-state index contributed by atoms with van der Waals surface area (Å²) in [5.74, 6) is 0. The fourth-order valence-electron chi connectivity index (χ4n) is 7.62. The molecule has 10 rings (SSSR count). The van der Waals surface area contributed by atoms with Crippen LogP contribution in [0.2, 0.25) is 0 Å². The van der Waals surface area contributed by atoms with E-state index in [1.54, 1.807) is 0 Å². The second kappa shape index (κ2) is 12.7. The highest BCUT2D eigenvalue weighted by Gasteiger charge is 2.18. The van der Waals surface area contributed by atoms with Gasteiger partial charge in [-0.15, -0.1) is 11.3 Å². The average molecular weight is 680 g/mol. The minimum absolute atomic E-state index is 1.11. The number of benzene rings is 9. The maximum absolute atomic E-state index is 2.39. The molecule has 10 aromatic rings. The first-order valence-corrected chi connectivity index (χ1v) is 18.6. The molecule has 0 aliphatic rings. The Morgan fingerprint density at radius 2 is 0.904 bits per heavy atom. The van der Waals surface area contributed by atoms with Gasteiger partial charge in [0.2, 0.25) is 0 Å². The van der Waals surface area contributed by atoms with Crippen LogP contribution in [0.3, 0.4) is 0 Å². The molecule has 0 saturated heterocycles. The summed E-state index contributed by atoms with van der Waals surface area (Å²) in [6.45, 7) is 0. The van der Waals surface area contributed by atoms with Gasteiger partial charge in [0, 0.05) is 42.5 Å². The smallest absolute Gasteiger partial charge is 0.0540 e. The SMILES string of the molecule is c1ccc(-c2ccc(N(c3ccc(-c4ccc5ccc6c7ccccc7sc6c5c4)cc3)c3ccccc3-c3ccc4ccccc4c3)cc2)cc1. The second-order valence-corrected chi connectivity index (χ2v) is 14.4. The Hall–Kier alpha value is -6.48. The first-order chi connectivity index (χ1) is 25.8. The molecule has 0 amide bonds. The highest BCUT2D eigenvalue weighted by Crippen LogP contribution is 2.43. The third-order valence-electron chi connectivity index (χ3n) is 10.3. The maximum atomic E-state index is 2.39. The van der Waals surface area contributed by atoms with Crippen molar-refractivity contribution in [3.8, 4) is 33.4 Å². The Kier molecular flexibility index (Phi) is 7.41. The zero-order valence-electron chi connectivity index (χ0n) is 28.4. The van der Waals surface area contributed by atoms with Gasteiger partial charge in [0.1, 0.15) is 0 Å². The summed E-state index contributed by atoms with van der Waals surface area (Å²) in [6, 6.07) is 72.9. The zero-order valence-corrected chi connectivity index (χ0v) is 29.2. The molecular formula is C50H33NS. The Bertz CT molecular complexity index is 2890. The molecule has 0 spiro atoms. The molecule has 0 aliphatic heterocycles. The molecule has 0 N–H and O–H groups in total. The summed E-state index contributed by atoms with van der Waals surface area (Å²) in [5.41, 5.74) is 10.6. The largest absolute Gasteiger partial charge is 0.310 e. The summed E-state index contributed by atoms with van der Waals surface area (Å²) in [5, 5.41) is 7.73. The third kappa shape index (κ3) is 5.33. The predicted molar refractivity (Wildman–Crippen MR) is 225 cm³/mol. The average Bonchev–Trinajstić information content (AvgIpc) is 3.61. The van der Waals surface area contributed by atoms with E-state index < -0.39 is 0 Å². The number of hydrogen-bond acceptors (Lipinski definition) is 2. The number of thiophene rings is 1. The van der Waals surface area contributed by atoms with Crippen molar-refractivity contribution >= 4 is 70.1 Å². The highest BCUT2D eigenvalue weighted by atomic mass is 32.1. The van der Waals surface area contributed by atoms with Crippen molar-refractivity contribution in [1.29, 1.82) is 0 Å². The molecule has 2 heteroatoms. The molecule has 0 atom stereocenters. The van der Waals surface area contributed by atoms with Gasteiger partial charge < -0.3 is 4.90 Å². The quantitative estimate of drug-likeness (QED) is 0.169. The number of fused-ring (bicyclic) bond motifs is 6. The number of nitrogens with zero attached hydrogens (tertiary/aromatic N) is 1. The van der Waals surface area contributed by atoms with E-state index in [2.05, 4.69) is 205 Å². The standard InChI is InChI=1S/C50H33NS/c1-2-10-34(11-3-1)36-22-27-42(28-23-36)51(48-16-8-6-14-44(48)41-21-18-35-12-4-5-13-39(35)32-41)43-29-24-37(25-30-43)40-20-19-38-26-31-46-45-15-7-9-17-49(45)52-50(46)47(38)33-40/h1-33H. The Labute approximate surface area is 307 Å². The van der Waals surface area contributed by atoms with Gasteiger partial charge >= 0.3 is 0 Å². The Morgan fingerprint density at radius 1 is 0.327 bits per heavy atom. The molecule has 0 aliphatic carbocycles. The van der Waals surface area contributed by atoms with Gasteiger partial charge in [0.25, 0.3) is 0 Å². The van der Waals surface area contributed by atoms with Gasteiger partial charge in [0.05, 0.1) is 5.69 Å². The van der Waals surface area contributed by atoms with Crippen LogP contribution in [0.1, 0.15) is 0 Å². The Morgan fingerprint density at radius 3 is 1.71 bits per heavy atom. The number of rotatable bonds is 6. The molecule has 1 aromatic heterocycles. The van der Waals surface area contributed by atoms with Gasteiger partial charge in [-0.25, -0.2) is 0 Å². The van der Waals surface area contributed by atoms with Gasteiger partial charge in [-0.3, -0.25) is 0 Å². The van der Waals surface area contributed by atoms with Crippen molar-refractivity contribution in [1.82, 2.24) is 0 Å². The normalized spacial score (nSPS) is 11.5. The molecule has 0 radical (unpaired) electrons. The fraction of sp³-hybridized carbons (Fsp3) is 0. The summed E-state index contributed by atoms with van der Waals surface area (Å²) in [4.78, 5) is 2.39. The highest BCUT2D eigenvalue weighted by molar-refractivity contribution is 7.26. The van der Waals surface area contributed by atoms with Crippen LogP contribution >= 0.6 is 11.3 Å². The summed E-state index contributed by atoms with van der Waals surface area (Å²) < 4.78 is 2.69. The minimum Gasteiger partial charge on any atom is -0.310 e. The number of para-hydroxylation sites is 1. The lowest BCUT2D eigenvalue weighted by Gasteiger charge is -2.28. The van der Waals surface area contributed by atoms with Crippen LogP contribution in [0, 0.1) is 0 Å². The van der Waals surface area contributed by atoms with Crippen LogP contribution in [0.4, 0.5) is 17.1 Å². The van der Waals surface area contributed by atoms with E-state index in [0.717, 1.165) is 17.1 Å². The van der Waals surface area contributed by atoms with Gasteiger partial charge in [-0.05, 0) is 92.5 Å². The van der Waals surface area contributed by atoms with Crippen LogP contribution < -0.4 is 4.90 Å². The van der Waals surface area contributed by atoms with Gasteiger partial charge in [-0.1, -0.05) is 152 Å². The van der Waals surface area contributed by atoms with E-state index in [-0.39, 0.29) is 0 Å². The van der Waals surface area contributed by atoms with Crippen molar-refractivity contribution in [2.75, 3.05) is 4.90 Å². The molecule has 0 bridgehead atoms. The van der Waals surface area contributed by atoms with Crippen molar-refractivity contribution in [2.24, 2.45) is 0 Å². The first kappa shape index (κ1) is 30.4. The van der Waals surface area contributed by atoms with E-state index in [4.69, 9.17) is 0 Å². The van der Waals surface area contributed by atoms with Crippen molar-refractivity contribution in [3.05, 3.63) is 200 Å². The van der Waals surface area contributed by atoms with Crippen LogP contribution in [-0.4, -0.2) is 0 Å². The molecule has 1 nitrogen and oxygen atoms in total. The van der Waals surface area contributed by atoms with E-state index in [9.17, 15) is 0 Å². The predicted octanol–water partition coefficient (Wildman–Crippen LogP) is 14.8. The summed E-state index contributed by atoms with van der Waals surface area (Å²) in [7, 11) is 0. The molecule has 0 unspecified atom stereocenters. The lowest BCUT2D eigenvalue weighted by atomic mass is 9.97. The minimum atomic E-state index is 1.11. The fourth-order valence-corrected chi connectivity index (χ4v) is 8.84. The van der Waals surface area contributed by atoms with Crippen LogP contribution in [0.5, 0.6) is 0 Å². The monoisotopic (exact) mass is 679 g/mol. The van der Waals surface area contributed by atoms with Crippen LogP contribution in [0.25, 0.3) is 75.1 Å². The summed E-state index contributed by atoms with van der Waals surface area (Å²) in [6.07, 6.45) is 0. The van der Waals surface area contributed by atoms with Crippen molar-refractivity contribution in [2.45, 2.75) is 0 Å². The Balaban J connectivity index is 1.09. The molecule has 0 fully saturated rings. The lowest BCUT2D eigenvalue weighted by molar-refractivity contribution is 1.28. The second-order valence-electron chi connectivity index (χ2n) is 13.4. The molecule has 52 heavy (non-hydrogen) atoms. The molecule has 9 aromatic carbocycles. The van der Waals surface area contributed by atoms with E-state index in [1.165, 1.54) is 75.1 Å². The van der Waals surface area contributed by atoms with E-state index >= 15 is 0 Å². The van der Waals surface area contributed by atoms with Crippen LogP contribution in [-0.2, 0) is 0 Å². The first-order valence-electron chi connectivity index (χ1n) is 17.8. The molecule has 0 saturated carbocycles. The number of hydrogen-bond donors (Lipinski definition) is 0. The number of anilines is 3. The van der Waals surface area contributed by atoms with Crippen molar-refractivity contribution in [3.63, 3.8) is 0 Å². The lowest BCUT2D eigenvalue weighted by Crippen LogP contribution is -2.11. The molecule has 244 valence electrons. The van der Waals surface area contributed by atoms with E-state index in [1.807, 2.05) is 11.3 Å². The van der Waals surface area contributed by atoms with Crippen LogP contribution in [0.15, 0.2) is 200 Å². The third-order valence-corrected chi connectivity index (χ3v) is 11.5. The van der Waals surface area contributed by atoms with Gasteiger partial charge in [0.15, 0.2) is 0 Å². The molecule has 1 heterocycles. The zero-order chi connectivity index (χ0) is 34.4. The van der Waals surface area contributed by atoms with Gasteiger partial charge in [-0.2, -0.15) is 0 Å². The molecular weight excluding hydrogens is 647 g/mol. The topological polar surface area (TPSA) is 3.24 Å². The van der Waals surface area contributed by atoms with E-state index in [0.29, 0.717) is 0 Å².